The van der Waals surface area contributed by atoms with E-state index in [0.29, 0.717) is 29.9 Å². The molecular formula is C33H43ClN6O4S. The van der Waals surface area contributed by atoms with Crippen molar-refractivity contribution in [3.8, 4) is 5.75 Å². The Bertz CT molecular complexity index is 1640. The minimum atomic E-state index is -3.55. The molecule has 1 aliphatic heterocycles. The molecule has 1 aliphatic carbocycles. The highest BCUT2D eigenvalue weighted by Gasteiger charge is 2.30. The van der Waals surface area contributed by atoms with E-state index < -0.39 is 15.1 Å². The van der Waals surface area contributed by atoms with E-state index in [9.17, 15) is 13.2 Å². The van der Waals surface area contributed by atoms with Gasteiger partial charge in [0.15, 0.2) is 15.7 Å². The van der Waals surface area contributed by atoms with Gasteiger partial charge >= 0.3 is 0 Å². The van der Waals surface area contributed by atoms with E-state index in [1.165, 1.54) is 11.8 Å². The molecule has 2 aliphatic rings. The monoisotopic (exact) mass is 654 g/mol. The number of carbonyl (C=O) groups excluding carboxylic acids is 1. The third kappa shape index (κ3) is 7.70. The molecule has 12 heteroatoms. The lowest BCUT2D eigenvalue weighted by Crippen LogP contribution is -2.52. The molecule has 5 rings (SSSR count). The highest BCUT2D eigenvalue weighted by atomic mass is 35.5. The summed E-state index contributed by atoms with van der Waals surface area (Å²) in [6, 6.07) is 11.4. The molecule has 10 nitrogen and oxygen atoms in total. The third-order valence-corrected chi connectivity index (χ3v) is 11.0. The van der Waals surface area contributed by atoms with Crippen molar-refractivity contribution in [2.45, 2.75) is 88.5 Å². The van der Waals surface area contributed by atoms with Crippen molar-refractivity contribution < 1.29 is 17.9 Å². The van der Waals surface area contributed by atoms with Crippen molar-refractivity contribution >= 4 is 50.5 Å². The maximum atomic E-state index is 13.0. The summed E-state index contributed by atoms with van der Waals surface area (Å²) < 4.78 is 32.3. The standard InChI is InChI=1S/C33H43ClN6O4S/c1-20(2)44-29-17-25(23-10-12-24(13-11-23)40-15-14-35-31(41)19-40)22(5)16-28(29)38-33-36-18-26(34)32(39-33)37-27-8-6-7-9-30(27)45(42,43)21(3)4/h6-9,16-18,20-21,23-24H,10-15,19H2,1-5H3,(H,35,41)(H2,36,37,38,39). The summed E-state index contributed by atoms with van der Waals surface area (Å²) in [6.07, 6.45) is 5.67. The Morgan fingerprint density at radius 1 is 1.04 bits per heavy atom. The number of nitrogens with zero attached hydrogens (tertiary/aromatic N) is 3. The second kappa shape index (κ2) is 13.9. The zero-order valence-electron chi connectivity index (χ0n) is 26.6. The number of hydrogen-bond acceptors (Lipinski definition) is 9. The van der Waals surface area contributed by atoms with Crippen LogP contribution in [0.5, 0.6) is 5.75 Å². The second-order valence-corrected chi connectivity index (χ2v) is 15.3. The number of amides is 1. The highest BCUT2D eigenvalue weighted by molar-refractivity contribution is 7.92. The lowest BCUT2D eigenvalue weighted by molar-refractivity contribution is -0.125. The first-order valence-electron chi connectivity index (χ1n) is 15.6. The fraction of sp³-hybridized carbons (Fsp3) is 0.485. The van der Waals surface area contributed by atoms with E-state index in [2.05, 4.69) is 49.9 Å². The fourth-order valence-corrected chi connectivity index (χ4v) is 7.49. The molecule has 0 atom stereocenters. The first-order chi connectivity index (χ1) is 21.4. The van der Waals surface area contributed by atoms with Crippen LogP contribution in [0, 0.1) is 6.92 Å². The first-order valence-corrected chi connectivity index (χ1v) is 17.6. The third-order valence-electron chi connectivity index (χ3n) is 8.51. The van der Waals surface area contributed by atoms with Gasteiger partial charge in [0.05, 0.1) is 40.4 Å². The first kappa shape index (κ1) is 33.0. The van der Waals surface area contributed by atoms with Crippen LogP contribution in [0.25, 0.3) is 0 Å². The number of benzene rings is 2. The van der Waals surface area contributed by atoms with Gasteiger partial charge in [-0.25, -0.2) is 13.4 Å². The number of anilines is 4. The molecule has 0 radical (unpaired) electrons. The van der Waals surface area contributed by atoms with Gasteiger partial charge in [0.25, 0.3) is 0 Å². The van der Waals surface area contributed by atoms with Crippen LogP contribution in [-0.4, -0.2) is 66.2 Å². The van der Waals surface area contributed by atoms with E-state index in [-0.39, 0.29) is 33.7 Å². The molecule has 2 aromatic carbocycles. The van der Waals surface area contributed by atoms with Crippen molar-refractivity contribution in [3.63, 3.8) is 0 Å². The van der Waals surface area contributed by atoms with Gasteiger partial charge in [0.1, 0.15) is 10.8 Å². The molecule has 2 heterocycles. The molecule has 45 heavy (non-hydrogen) atoms. The van der Waals surface area contributed by atoms with Gasteiger partial charge in [-0.05, 0) is 102 Å². The summed E-state index contributed by atoms with van der Waals surface area (Å²) >= 11 is 6.47. The van der Waals surface area contributed by atoms with Crippen LogP contribution in [0.3, 0.4) is 0 Å². The van der Waals surface area contributed by atoms with Crippen LogP contribution in [0.2, 0.25) is 5.02 Å². The zero-order chi connectivity index (χ0) is 32.3. The molecule has 0 unspecified atom stereocenters. The number of nitrogens with one attached hydrogen (secondary N) is 3. The Hall–Kier alpha value is -3.41. The molecule has 1 saturated carbocycles. The topological polar surface area (TPSA) is 126 Å². The van der Waals surface area contributed by atoms with E-state index in [4.69, 9.17) is 16.3 Å². The Morgan fingerprint density at radius 2 is 1.78 bits per heavy atom. The smallest absolute Gasteiger partial charge is 0.234 e. The predicted molar refractivity (Wildman–Crippen MR) is 179 cm³/mol. The van der Waals surface area contributed by atoms with Crippen LogP contribution >= 0.6 is 11.6 Å². The number of hydrogen-bond donors (Lipinski definition) is 3. The number of rotatable bonds is 10. The number of piperazine rings is 1. The number of carbonyl (C=O) groups is 1. The molecule has 1 amide bonds. The summed E-state index contributed by atoms with van der Waals surface area (Å²) in [5.74, 6) is 1.81. The van der Waals surface area contributed by atoms with E-state index in [1.807, 2.05) is 13.8 Å². The van der Waals surface area contributed by atoms with Crippen molar-refractivity contribution in [3.05, 3.63) is 58.7 Å². The minimum absolute atomic E-state index is 0.0511. The molecule has 3 N–H and O–H groups in total. The largest absolute Gasteiger partial charge is 0.489 e. The van der Waals surface area contributed by atoms with Crippen molar-refractivity contribution in [2.75, 3.05) is 30.3 Å². The molecular weight excluding hydrogens is 612 g/mol. The molecule has 1 saturated heterocycles. The average molecular weight is 655 g/mol. The number of ether oxygens (including phenoxy) is 1. The summed E-state index contributed by atoms with van der Waals surface area (Å²) in [5.41, 5.74) is 3.54. The maximum absolute atomic E-state index is 13.0. The lowest BCUT2D eigenvalue weighted by atomic mass is 9.79. The number of para-hydroxylation sites is 1. The van der Waals surface area contributed by atoms with Crippen LogP contribution in [-0.2, 0) is 14.6 Å². The summed E-state index contributed by atoms with van der Waals surface area (Å²) in [6.45, 7) is 11.5. The molecule has 0 bridgehead atoms. The van der Waals surface area contributed by atoms with Gasteiger partial charge in [-0.15, -0.1) is 0 Å². The average Bonchev–Trinajstić information content (AvgIpc) is 3.00. The maximum Gasteiger partial charge on any atom is 0.234 e. The number of sulfone groups is 1. The lowest BCUT2D eigenvalue weighted by Gasteiger charge is -2.39. The molecule has 0 spiro atoms. The van der Waals surface area contributed by atoms with Gasteiger partial charge < -0.3 is 20.7 Å². The molecule has 2 fully saturated rings. The van der Waals surface area contributed by atoms with Crippen LogP contribution in [0.15, 0.2) is 47.5 Å². The van der Waals surface area contributed by atoms with Gasteiger partial charge in [0, 0.05) is 19.1 Å². The van der Waals surface area contributed by atoms with E-state index >= 15 is 0 Å². The zero-order valence-corrected chi connectivity index (χ0v) is 28.1. The molecule has 3 aromatic rings. The fourth-order valence-electron chi connectivity index (χ4n) is 6.15. The summed E-state index contributed by atoms with van der Waals surface area (Å²) in [7, 11) is -3.55. The van der Waals surface area contributed by atoms with Gasteiger partial charge in [0.2, 0.25) is 11.9 Å². The SMILES string of the molecule is Cc1cc(Nc2ncc(Cl)c(Nc3ccccc3S(=O)(=O)C(C)C)n2)c(OC(C)C)cc1C1CCC(N2CCNC(=O)C2)CC1. The summed E-state index contributed by atoms with van der Waals surface area (Å²) in [5, 5.41) is 9.01. The van der Waals surface area contributed by atoms with E-state index in [0.717, 1.165) is 50.0 Å². The van der Waals surface area contributed by atoms with Crippen LogP contribution in [0.4, 0.5) is 23.1 Å². The second-order valence-electron chi connectivity index (χ2n) is 12.4. The number of aryl methyl sites for hydroxylation is 1. The minimum Gasteiger partial charge on any atom is -0.489 e. The van der Waals surface area contributed by atoms with Crippen molar-refractivity contribution in [1.29, 1.82) is 0 Å². The van der Waals surface area contributed by atoms with Crippen LogP contribution in [0.1, 0.15) is 70.4 Å². The quantitative estimate of drug-likeness (QED) is 0.229. The van der Waals surface area contributed by atoms with Gasteiger partial charge in [-0.1, -0.05) is 23.7 Å². The van der Waals surface area contributed by atoms with Crippen molar-refractivity contribution in [2.24, 2.45) is 0 Å². The number of aromatic nitrogens is 2. The Morgan fingerprint density at radius 3 is 2.47 bits per heavy atom. The highest BCUT2D eigenvalue weighted by Crippen LogP contribution is 2.41. The molecule has 242 valence electrons. The predicted octanol–water partition coefficient (Wildman–Crippen LogP) is 6.35. The van der Waals surface area contributed by atoms with Gasteiger partial charge in [-0.3, -0.25) is 9.69 Å². The van der Waals surface area contributed by atoms with Gasteiger partial charge in [-0.2, -0.15) is 4.98 Å². The summed E-state index contributed by atoms with van der Waals surface area (Å²) in [4.78, 5) is 23.4. The van der Waals surface area contributed by atoms with Crippen LogP contribution < -0.4 is 20.7 Å². The van der Waals surface area contributed by atoms with E-state index in [1.54, 1.807) is 38.1 Å². The Kier molecular flexibility index (Phi) is 10.2. The number of halogens is 1. The normalized spacial score (nSPS) is 19.4. The van der Waals surface area contributed by atoms with Crippen molar-refractivity contribution in [1.82, 2.24) is 20.2 Å². The Balaban J connectivity index is 1.37. The molecule has 1 aromatic heterocycles. The Labute approximate surface area is 271 Å².